The Balaban J connectivity index is 1.60. The summed E-state index contributed by atoms with van der Waals surface area (Å²) in [6.45, 7) is 10.5. The van der Waals surface area contributed by atoms with Crippen molar-refractivity contribution >= 4 is 23.2 Å². The Labute approximate surface area is 260 Å². The first-order valence-corrected chi connectivity index (χ1v) is 15.3. The molecule has 8 nitrogen and oxygen atoms in total. The lowest BCUT2D eigenvalue weighted by Gasteiger charge is -2.21. The molecule has 9 heteroatoms. The summed E-state index contributed by atoms with van der Waals surface area (Å²) >= 11 is 0. The van der Waals surface area contributed by atoms with Gasteiger partial charge < -0.3 is 10.1 Å². The molecule has 44 heavy (non-hydrogen) atoms. The number of urea groups is 1. The number of halogens is 1. The zero-order valence-corrected chi connectivity index (χ0v) is 26.3. The minimum atomic E-state index is -0.377. The number of methoxy groups -OCH3 is 1. The highest BCUT2D eigenvalue weighted by atomic mass is 19.1. The highest BCUT2D eigenvalue weighted by Crippen LogP contribution is 2.30. The van der Waals surface area contributed by atoms with Gasteiger partial charge in [-0.05, 0) is 67.3 Å². The quantitative estimate of drug-likeness (QED) is 0.172. The second-order valence-electron chi connectivity index (χ2n) is 11.4. The Morgan fingerprint density at radius 3 is 2.59 bits per heavy atom. The number of ether oxygens (including phenoxy) is 1. The molecule has 234 valence electrons. The number of benzene rings is 2. The normalized spacial score (nSPS) is 18.1. The largest absolute Gasteiger partial charge is 0.383 e. The molecular formula is C35H44FN5O3. The Kier molecular flexibility index (Phi) is 11.6. The van der Waals surface area contributed by atoms with E-state index in [1.807, 2.05) is 56.3 Å². The van der Waals surface area contributed by atoms with Gasteiger partial charge in [-0.15, -0.1) is 0 Å². The molecule has 2 aromatic carbocycles. The smallest absolute Gasteiger partial charge is 0.320 e. The van der Waals surface area contributed by atoms with Crippen LogP contribution in [0.25, 0.3) is 11.3 Å². The lowest BCUT2D eigenvalue weighted by atomic mass is 9.94. The lowest BCUT2D eigenvalue weighted by molar-refractivity contribution is -0.115. The van der Waals surface area contributed by atoms with Gasteiger partial charge in [-0.1, -0.05) is 56.7 Å². The second kappa shape index (κ2) is 15.6. The molecule has 4 rings (SSSR count). The summed E-state index contributed by atoms with van der Waals surface area (Å²) in [7, 11) is 1.66. The van der Waals surface area contributed by atoms with Crippen LogP contribution in [0.2, 0.25) is 0 Å². The first-order chi connectivity index (χ1) is 21.2. The first kappa shape index (κ1) is 32.8. The summed E-state index contributed by atoms with van der Waals surface area (Å²) in [5.74, 6) is 0.532. The summed E-state index contributed by atoms with van der Waals surface area (Å²) in [5.41, 5.74) is 3.85. The van der Waals surface area contributed by atoms with Gasteiger partial charge >= 0.3 is 6.03 Å². The molecule has 0 radical (unpaired) electrons. The molecule has 0 aliphatic carbocycles. The fourth-order valence-electron chi connectivity index (χ4n) is 5.54. The van der Waals surface area contributed by atoms with Crippen LogP contribution >= 0.6 is 0 Å². The van der Waals surface area contributed by atoms with Gasteiger partial charge in [0.1, 0.15) is 11.6 Å². The van der Waals surface area contributed by atoms with Crippen molar-refractivity contribution in [1.29, 1.82) is 0 Å². The van der Waals surface area contributed by atoms with E-state index in [9.17, 15) is 14.0 Å². The van der Waals surface area contributed by atoms with Crippen LogP contribution in [0.3, 0.4) is 0 Å². The maximum atomic E-state index is 14.1. The summed E-state index contributed by atoms with van der Waals surface area (Å²) in [6, 6.07) is 15.5. The third-order valence-corrected chi connectivity index (χ3v) is 8.24. The van der Waals surface area contributed by atoms with Crippen LogP contribution in [0.1, 0.15) is 56.4 Å². The van der Waals surface area contributed by atoms with E-state index >= 15 is 0 Å². The molecule has 3 atom stereocenters. The molecule has 0 spiro atoms. The predicted molar refractivity (Wildman–Crippen MR) is 174 cm³/mol. The molecule has 1 aliphatic rings. The van der Waals surface area contributed by atoms with Crippen LogP contribution in [0.5, 0.6) is 0 Å². The number of anilines is 1. The number of carbonyl (C=O) groups excluding carboxylic acids is 2. The van der Waals surface area contributed by atoms with Crippen molar-refractivity contribution in [3.8, 4) is 5.69 Å². The van der Waals surface area contributed by atoms with Crippen molar-refractivity contribution in [2.75, 3.05) is 38.7 Å². The number of allylic oxidation sites excluding steroid dienone is 4. The molecule has 1 fully saturated rings. The van der Waals surface area contributed by atoms with E-state index in [1.165, 1.54) is 12.1 Å². The Hall–Kier alpha value is -4.08. The number of hydrogen-bond acceptors (Lipinski definition) is 5. The number of amides is 2. The van der Waals surface area contributed by atoms with Crippen molar-refractivity contribution in [1.82, 2.24) is 20.0 Å². The van der Waals surface area contributed by atoms with E-state index < -0.39 is 0 Å². The monoisotopic (exact) mass is 601 g/mol. The Bertz CT molecular complexity index is 1480. The van der Waals surface area contributed by atoms with Gasteiger partial charge in [0.2, 0.25) is 0 Å². The molecular weight excluding hydrogens is 557 g/mol. The summed E-state index contributed by atoms with van der Waals surface area (Å²) < 4.78 is 21.1. The van der Waals surface area contributed by atoms with Gasteiger partial charge in [0.05, 0.1) is 24.0 Å². The van der Waals surface area contributed by atoms with Crippen molar-refractivity contribution in [2.45, 2.75) is 52.5 Å². The maximum absolute atomic E-state index is 14.1. The summed E-state index contributed by atoms with van der Waals surface area (Å²) in [4.78, 5) is 28.4. The number of nitrogens with zero attached hydrogens (tertiary/aromatic N) is 3. The van der Waals surface area contributed by atoms with Gasteiger partial charge in [0, 0.05) is 44.6 Å². The van der Waals surface area contributed by atoms with E-state index in [-0.39, 0.29) is 29.6 Å². The number of para-hydroxylation sites is 1. The molecule has 0 bridgehead atoms. The van der Waals surface area contributed by atoms with E-state index in [0.29, 0.717) is 50.1 Å². The van der Waals surface area contributed by atoms with Crippen molar-refractivity contribution in [3.05, 3.63) is 95.5 Å². The zero-order valence-electron chi connectivity index (χ0n) is 26.3. The van der Waals surface area contributed by atoms with Gasteiger partial charge in [-0.3, -0.25) is 15.0 Å². The van der Waals surface area contributed by atoms with Gasteiger partial charge in [0.15, 0.2) is 5.78 Å². The standard InChI is InChI=1S/C35H44FN5O3/c1-6-24(3)20-30(42)17-16-26(7-2)33-25(4)34(41(39-33)29-14-9-8-10-15-29)38-35(43)37-32-23-40(18-19-44-5)22-31(32)27-12-11-13-28(36)21-27/h7-17,21,24,31-32H,6,18-20,22-23H2,1-5H3,(H2,37,38,43)/b17-16-,26-7+/t24?,31-,32+/m0/s1. The van der Waals surface area contributed by atoms with Crippen LogP contribution in [-0.2, 0) is 9.53 Å². The fourth-order valence-corrected chi connectivity index (χ4v) is 5.54. The minimum absolute atomic E-state index is 0.0699. The fraction of sp³-hybridized carbons (Fsp3) is 0.400. The van der Waals surface area contributed by atoms with Gasteiger partial charge in [-0.25, -0.2) is 13.9 Å². The van der Waals surface area contributed by atoms with E-state index in [1.54, 1.807) is 30.0 Å². The highest BCUT2D eigenvalue weighted by Gasteiger charge is 2.35. The number of hydrogen-bond donors (Lipinski definition) is 2. The second-order valence-corrected chi connectivity index (χ2v) is 11.4. The van der Waals surface area contributed by atoms with Crippen LogP contribution in [0.15, 0.2) is 72.8 Å². The summed E-state index contributed by atoms with van der Waals surface area (Å²) in [6.07, 6.45) is 6.77. The maximum Gasteiger partial charge on any atom is 0.320 e. The number of nitrogens with one attached hydrogen (secondary N) is 2. The van der Waals surface area contributed by atoms with E-state index in [4.69, 9.17) is 9.84 Å². The predicted octanol–water partition coefficient (Wildman–Crippen LogP) is 6.52. The topological polar surface area (TPSA) is 88.5 Å². The van der Waals surface area contributed by atoms with E-state index in [0.717, 1.165) is 28.8 Å². The van der Waals surface area contributed by atoms with Crippen LogP contribution in [0, 0.1) is 18.7 Å². The van der Waals surface area contributed by atoms with Crippen LogP contribution < -0.4 is 10.6 Å². The van der Waals surface area contributed by atoms with Crippen molar-refractivity contribution in [3.63, 3.8) is 0 Å². The molecule has 3 aromatic rings. The molecule has 0 saturated carbocycles. The molecule has 2 heterocycles. The zero-order chi connectivity index (χ0) is 31.6. The Morgan fingerprint density at radius 1 is 1.14 bits per heavy atom. The first-order valence-electron chi connectivity index (χ1n) is 15.3. The average Bonchev–Trinajstić information content (AvgIpc) is 3.57. The van der Waals surface area contributed by atoms with Crippen molar-refractivity contribution < 1.29 is 18.7 Å². The summed E-state index contributed by atoms with van der Waals surface area (Å²) in [5, 5.41) is 11.1. The molecule has 1 aliphatic heterocycles. The highest BCUT2D eigenvalue weighted by molar-refractivity contribution is 5.94. The van der Waals surface area contributed by atoms with Gasteiger partial charge in [-0.2, -0.15) is 5.10 Å². The average molecular weight is 602 g/mol. The van der Waals surface area contributed by atoms with Crippen molar-refractivity contribution in [2.24, 2.45) is 5.92 Å². The number of aromatic nitrogens is 2. The van der Waals surface area contributed by atoms with Crippen LogP contribution in [-0.4, -0.2) is 65.9 Å². The molecule has 1 saturated heterocycles. The van der Waals surface area contributed by atoms with Gasteiger partial charge in [0.25, 0.3) is 0 Å². The third kappa shape index (κ3) is 8.30. The third-order valence-electron chi connectivity index (χ3n) is 8.24. The SMILES string of the molecule is C/C=C(\C=C/C(=O)CC(C)CC)c1nn(-c2ccccc2)c(NC(=O)N[C@@H]2CN(CCOC)C[C@H]2c2cccc(F)c2)c1C. The van der Waals surface area contributed by atoms with E-state index in [2.05, 4.69) is 29.4 Å². The number of ketones is 1. The number of carbonyl (C=O) groups is 2. The number of rotatable bonds is 13. The molecule has 1 aromatic heterocycles. The molecule has 2 N–H and O–H groups in total. The Morgan fingerprint density at radius 2 is 1.91 bits per heavy atom. The number of likely N-dealkylation sites (tertiary alicyclic amines) is 1. The molecule has 1 unspecified atom stereocenters. The molecule has 2 amide bonds. The lowest BCUT2D eigenvalue weighted by Crippen LogP contribution is -2.42. The van der Waals surface area contributed by atoms with Crippen LogP contribution in [0.4, 0.5) is 15.0 Å². The minimum Gasteiger partial charge on any atom is -0.383 e.